The minimum Gasteiger partial charge on any atom is -0.493 e. The Hall–Kier alpha value is -4.47. The summed E-state index contributed by atoms with van der Waals surface area (Å²) in [7, 11) is 4.47. The van der Waals surface area contributed by atoms with Crippen LogP contribution >= 0.6 is 0 Å². The number of ether oxygens (including phenoxy) is 4. The van der Waals surface area contributed by atoms with Gasteiger partial charge in [-0.2, -0.15) is 0 Å². The molecule has 4 rings (SSSR count). The van der Waals surface area contributed by atoms with Gasteiger partial charge in [-0.1, -0.05) is 0 Å². The smallest absolute Gasteiger partial charge is 0.344 e. The summed E-state index contributed by atoms with van der Waals surface area (Å²) in [5.74, 6) is 0.636. The number of hydrogen-bond donors (Lipinski definition) is 2. The van der Waals surface area contributed by atoms with E-state index in [-0.39, 0.29) is 12.2 Å². The lowest BCUT2D eigenvalue weighted by Crippen LogP contribution is -2.45. The second-order valence-corrected chi connectivity index (χ2v) is 8.41. The topological polar surface area (TPSA) is 125 Å². The number of aryl methyl sites for hydroxylation is 1. The van der Waals surface area contributed by atoms with E-state index in [1.165, 1.54) is 21.3 Å². The molecule has 1 aliphatic heterocycles. The Kier molecular flexibility index (Phi) is 7.10. The van der Waals surface area contributed by atoms with Crippen molar-refractivity contribution in [3.05, 3.63) is 63.1 Å². The average Bonchev–Trinajstić information content (AvgIpc) is 2.87. The molecule has 2 aromatic carbocycles. The summed E-state index contributed by atoms with van der Waals surface area (Å²) in [6.45, 7) is 5.34. The molecule has 3 aromatic rings. The van der Waals surface area contributed by atoms with Crippen LogP contribution in [0.5, 0.6) is 17.2 Å². The van der Waals surface area contributed by atoms with E-state index in [4.69, 9.17) is 23.4 Å². The van der Waals surface area contributed by atoms with Gasteiger partial charge in [0.05, 0.1) is 45.1 Å². The number of amides is 2. The minimum atomic E-state index is -0.757. The molecule has 194 valence electrons. The van der Waals surface area contributed by atoms with E-state index in [1.807, 2.05) is 0 Å². The van der Waals surface area contributed by atoms with E-state index in [2.05, 4.69) is 10.6 Å². The zero-order chi connectivity index (χ0) is 26.9. The average molecular weight is 509 g/mol. The first-order valence-corrected chi connectivity index (χ1v) is 11.6. The number of urea groups is 1. The molecule has 2 heterocycles. The van der Waals surface area contributed by atoms with Crippen molar-refractivity contribution in [1.82, 2.24) is 10.6 Å². The molecule has 2 amide bonds. The maximum atomic E-state index is 13.0. The SMILES string of the molecule is CCOC(=O)C1=C(C)NC(=O)NC1c1cc(C)c2oc(=O)c(-c3cc(OC)c(OC)c(OC)c3)cc2c1. The van der Waals surface area contributed by atoms with Gasteiger partial charge in [0.2, 0.25) is 5.75 Å². The predicted octanol–water partition coefficient (Wildman–Crippen LogP) is 3.99. The number of benzene rings is 2. The van der Waals surface area contributed by atoms with Crippen molar-refractivity contribution < 1.29 is 33.0 Å². The summed E-state index contributed by atoms with van der Waals surface area (Å²) in [6, 6.07) is 7.37. The van der Waals surface area contributed by atoms with E-state index in [9.17, 15) is 14.4 Å². The molecule has 0 aliphatic carbocycles. The molecule has 0 fully saturated rings. The number of esters is 1. The molecule has 0 saturated carbocycles. The van der Waals surface area contributed by atoms with Crippen LogP contribution in [0.2, 0.25) is 0 Å². The minimum absolute atomic E-state index is 0.191. The molecule has 1 unspecified atom stereocenters. The van der Waals surface area contributed by atoms with Crippen LogP contribution in [-0.2, 0) is 9.53 Å². The number of fused-ring (bicyclic) bond motifs is 1. The van der Waals surface area contributed by atoms with Crippen molar-refractivity contribution >= 4 is 23.0 Å². The largest absolute Gasteiger partial charge is 0.493 e. The molecular weight excluding hydrogens is 480 g/mol. The van der Waals surface area contributed by atoms with Crippen LogP contribution in [0.25, 0.3) is 22.1 Å². The fourth-order valence-electron chi connectivity index (χ4n) is 4.47. The van der Waals surface area contributed by atoms with Crippen LogP contribution in [0.3, 0.4) is 0 Å². The van der Waals surface area contributed by atoms with Gasteiger partial charge in [0.15, 0.2) is 11.5 Å². The number of rotatable bonds is 7. The number of nitrogens with one attached hydrogen (secondary N) is 2. The van der Waals surface area contributed by atoms with Crippen LogP contribution in [0.15, 0.2) is 50.8 Å². The van der Waals surface area contributed by atoms with E-state index < -0.39 is 23.7 Å². The Balaban J connectivity index is 1.90. The zero-order valence-electron chi connectivity index (χ0n) is 21.4. The molecule has 2 N–H and O–H groups in total. The highest BCUT2D eigenvalue weighted by molar-refractivity contribution is 5.95. The third-order valence-electron chi connectivity index (χ3n) is 6.11. The Labute approximate surface area is 213 Å². The number of carbonyl (C=O) groups excluding carboxylic acids is 2. The van der Waals surface area contributed by atoms with E-state index in [0.717, 1.165) is 0 Å². The zero-order valence-corrected chi connectivity index (χ0v) is 21.4. The third-order valence-corrected chi connectivity index (χ3v) is 6.11. The first-order chi connectivity index (χ1) is 17.7. The molecule has 0 spiro atoms. The molecular formula is C27H28N2O8. The standard InChI is InChI=1S/C27H28N2O8/c1-7-36-26(31)21-14(3)28-27(32)29-22(21)16-8-13(2)23-17(9-16)10-18(25(30)37-23)15-11-19(33-4)24(35-6)20(12-15)34-5/h8-12,22H,7H2,1-6H3,(H2,28,29,32). The summed E-state index contributed by atoms with van der Waals surface area (Å²) in [4.78, 5) is 38.0. The van der Waals surface area contributed by atoms with Gasteiger partial charge in [0.1, 0.15) is 5.58 Å². The van der Waals surface area contributed by atoms with Gasteiger partial charge in [0, 0.05) is 11.1 Å². The normalized spacial score (nSPS) is 15.2. The highest BCUT2D eigenvalue weighted by Crippen LogP contribution is 2.41. The lowest BCUT2D eigenvalue weighted by atomic mass is 9.92. The molecule has 1 atom stereocenters. The second-order valence-electron chi connectivity index (χ2n) is 8.41. The van der Waals surface area contributed by atoms with Crippen LogP contribution in [0.1, 0.15) is 31.0 Å². The monoisotopic (exact) mass is 508 g/mol. The summed E-state index contributed by atoms with van der Waals surface area (Å²) in [5, 5.41) is 6.02. The molecule has 1 aromatic heterocycles. The highest BCUT2D eigenvalue weighted by Gasteiger charge is 2.32. The van der Waals surface area contributed by atoms with Crippen LogP contribution in [-0.4, -0.2) is 39.9 Å². The fraction of sp³-hybridized carbons (Fsp3) is 0.296. The molecule has 10 nitrogen and oxygen atoms in total. The van der Waals surface area contributed by atoms with Gasteiger partial charge >= 0.3 is 17.6 Å². The van der Waals surface area contributed by atoms with Gasteiger partial charge < -0.3 is 34.0 Å². The first kappa shape index (κ1) is 25.6. The summed E-state index contributed by atoms with van der Waals surface area (Å²) in [6.07, 6.45) is 0. The van der Waals surface area contributed by atoms with Gasteiger partial charge in [0.25, 0.3) is 0 Å². The predicted molar refractivity (Wildman–Crippen MR) is 136 cm³/mol. The molecule has 37 heavy (non-hydrogen) atoms. The van der Waals surface area contributed by atoms with Crippen LogP contribution in [0, 0.1) is 6.92 Å². The van der Waals surface area contributed by atoms with Gasteiger partial charge in [-0.3, -0.25) is 0 Å². The Bertz CT molecular complexity index is 1460. The lowest BCUT2D eigenvalue weighted by molar-refractivity contribution is -0.139. The maximum absolute atomic E-state index is 13.0. The summed E-state index contributed by atoms with van der Waals surface area (Å²) in [5.41, 5.74) is 2.62. The molecule has 0 radical (unpaired) electrons. The third kappa shape index (κ3) is 4.69. The van der Waals surface area contributed by atoms with Crippen LogP contribution in [0.4, 0.5) is 4.79 Å². The maximum Gasteiger partial charge on any atom is 0.344 e. The summed E-state index contributed by atoms with van der Waals surface area (Å²) < 4.78 is 27.2. The number of allylic oxidation sites excluding steroid dienone is 1. The van der Waals surface area contributed by atoms with Crippen molar-refractivity contribution in [2.45, 2.75) is 26.8 Å². The molecule has 0 bridgehead atoms. The Morgan fingerprint density at radius 1 is 0.973 bits per heavy atom. The van der Waals surface area contributed by atoms with Gasteiger partial charge in [-0.15, -0.1) is 0 Å². The van der Waals surface area contributed by atoms with E-state index >= 15 is 0 Å². The highest BCUT2D eigenvalue weighted by atomic mass is 16.5. The number of carbonyl (C=O) groups is 2. The fourth-order valence-corrected chi connectivity index (χ4v) is 4.47. The van der Waals surface area contributed by atoms with Crippen molar-refractivity contribution in [3.63, 3.8) is 0 Å². The number of methoxy groups -OCH3 is 3. The lowest BCUT2D eigenvalue weighted by Gasteiger charge is -2.28. The van der Waals surface area contributed by atoms with Gasteiger partial charge in [-0.25, -0.2) is 14.4 Å². The second kappa shape index (κ2) is 10.3. The van der Waals surface area contributed by atoms with E-state index in [1.54, 1.807) is 51.1 Å². The van der Waals surface area contributed by atoms with E-state index in [0.29, 0.717) is 56.2 Å². The van der Waals surface area contributed by atoms with Crippen molar-refractivity contribution in [1.29, 1.82) is 0 Å². The van der Waals surface area contributed by atoms with Crippen LogP contribution < -0.4 is 30.5 Å². The first-order valence-electron chi connectivity index (χ1n) is 11.6. The quantitative estimate of drug-likeness (QED) is 0.363. The number of hydrogen-bond acceptors (Lipinski definition) is 8. The summed E-state index contributed by atoms with van der Waals surface area (Å²) >= 11 is 0. The van der Waals surface area contributed by atoms with Crippen molar-refractivity contribution in [3.8, 4) is 28.4 Å². The van der Waals surface area contributed by atoms with Gasteiger partial charge in [-0.05, 0) is 67.8 Å². The molecule has 10 heteroatoms. The molecule has 1 aliphatic rings. The van der Waals surface area contributed by atoms with Crippen molar-refractivity contribution in [2.24, 2.45) is 0 Å². The Morgan fingerprint density at radius 2 is 1.65 bits per heavy atom. The Morgan fingerprint density at radius 3 is 2.24 bits per heavy atom. The van der Waals surface area contributed by atoms with Crippen molar-refractivity contribution in [2.75, 3.05) is 27.9 Å². The molecule has 0 saturated heterocycles.